The molecule has 0 nitrogen and oxygen atoms in total. The molecule has 0 fully saturated rings. The summed E-state index contributed by atoms with van der Waals surface area (Å²) in [5, 5.41) is 8.27. The maximum atomic E-state index is 2.47. The number of unbranched alkanes of at least 4 members (excludes halogenated alkanes) is 2. The van der Waals surface area contributed by atoms with E-state index in [1.807, 2.05) is 0 Å². The summed E-state index contributed by atoms with van der Waals surface area (Å²) >= 11 is 0. The third-order valence-corrected chi connectivity index (χ3v) is 6.61. The number of hydrogen-bond acceptors (Lipinski definition) is 0. The van der Waals surface area contributed by atoms with E-state index in [2.05, 4.69) is 74.5 Å². The van der Waals surface area contributed by atoms with Gasteiger partial charge in [0.2, 0.25) is 0 Å². The first-order chi connectivity index (χ1) is 14.3. The first-order valence-corrected chi connectivity index (χ1v) is 11.4. The van der Waals surface area contributed by atoms with Crippen LogP contribution >= 0.6 is 0 Å². The van der Waals surface area contributed by atoms with Gasteiger partial charge in [0.1, 0.15) is 0 Å². The molecule has 0 aromatic heterocycles. The van der Waals surface area contributed by atoms with Gasteiger partial charge in [-0.25, -0.2) is 0 Å². The Hall–Kier alpha value is -2.60. The quantitative estimate of drug-likeness (QED) is 0.233. The van der Waals surface area contributed by atoms with Crippen LogP contribution in [0.1, 0.15) is 62.6 Å². The van der Waals surface area contributed by atoms with Crippen molar-refractivity contribution < 1.29 is 0 Å². The Morgan fingerprint density at radius 3 is 2.31 bits per heavy atom. The van der Waals surface area contributed by atoms with Crippen LogP contribution in [0.4, 0.5) is 0 Å². The topological polar surface area (TPSA) is 0 Å². The fraction of sp³-hybridized carbons (Fsp3) is 0.310. The van der Waals surface area contributed by atoms with Gasteiger partial charge < -0.3 is 0 Å². The predicted molar refractivity (Wildman–Crippen MR) is 129 cm³/mol. The molecule has 4 aromatic carbocycles. The Labute approximate surface area is 174 Å². The molecular formula is C29H30. The maximum absolute atomic E-state index is 2.47. The molecule has 0 saturated heterocycles. The van der Waals surface area contributed by atoms with E-state index < -0.39 is 0 Å². The lowest BCUT2D eigenvalue weighted by atomic mass is 9.93. The van der Waals surface area contributed by atoms with Crippen molar-refractivity contribution in [3.63, 3.8) is 0 Å². The lowest BCUT2D eigenvalue weighted by molar-refractivity contribution is 0.779. The summed E-state index contributed by atoms with van der Waals surface area (Å²) in [6, 6.07) is 21.2. The molecule has 0 saturated carbocycles. The standard InChI is InChI=1S/C29H30/c1-3-5-7-20-9-10-22-19-29-24(18-25(22)15-20)12-14-26-27(29)13-11-23-16-21(8-6-4-2)17-28(23)26/h9-15,17-19H,3-8,16H2,1-2H3. The summed E-state index contributed by atoms with van der Waals surface area (Å²) in [6.07, 6.45) is 11.1. The number of aryl methyl sites for hydroxylation is 1. The zero-order valence-electron chi connectivity index (χ0n) is 17.7. The lowest BCUT2D eigenvalue weighted by Gasteiger charge is -2.10. The van der Waals surface area contributed by atoms with Crippen molar-refractivity contribution in [3.05, 3.63) is 76.9 Å². The second-order valence-corrected chi connectivity index (χ2v) is 8.74. The SMILES string of the molecule is CCCCC1=Cc2c(ccc3c2ccc2cc4cc(CCCC)ccc4cc23)C1. The van der Waals surface area contributed by atoms with Crippen molar-refractivity contribution in [2.75, 3.05) is 0 Å². The Bertz CT molecular complexity index is 1240. The highest BCUT2D eigenvalue weighted by Crippen LogP contribution is 2.37. The summed E-state index contributed by atoms with van der Waals surface area (Å²) in [6.45, 7) is 4.54. The van der Waals surface area contributed by atoms with Gasteiger partial charge in [-0.3, -0.25) is 0 Å². The van der Waals surface area contributed by atoms with Crippen LogP contribution in [0.25, 0.3) is 38.4 Å². The third kappa shape index (κ3) is 3.35. The first kappa shape index (κ1) is 18.4. The summed E-state index contributed by atoms with van der Waals surface area (Å²) < 4.78 is 0. The average molecular weight is 379 g/mol. The summed E-state index contributed by atoms with van der Waals surface area (Å²) in [5.41, 5.74) is 6.03. The Balaban J connectivity index is 1.63. The van der Waals surface area contributed by atoms with Gasteiger partial charge in [0, 0.05) is 0 Å². The summed E-state index contributed by atoms with van der Waals surface area (Å²) in [4.78, 5) is 0. The summed E-state index contributed by atoms with van der Waals surface area (Å²) in [5.74, 6) is 0. The molecule has 0 bridgehead atoms. The smallest absolute Gasteiger partial charge is 0.00576 e. The van der Waals surface area contributed by atoms with Gasteiger partial charge in [-0.2, -0.15) is 0 Å². The molecule has 0 heteroatoms. The number of rotatable bonds is 6. The summed E-state index contributed by atoms with van der Waals surface area (Å²) in [7, 11) is 0. The Morgan fingerprint density at radius 1 is 0.655 bits per heavy atom. The van der Waals surface area contributed by atoms with E-state index in [1.54, 1.807) is 5.57 Å². The van der Waals surface area contributed by atoms with E-state index in [0.717, 1.165) is 6.42 Å². The van der Waals surface area contributed by atoms with Crippen LogP contribution < -0.4 is 0 Å². The highest BCUT2D eigenvalue weighted by molar-refractivity contribution is 6.14. The molecule has 1 aliphatic carbocycles. The van der Waals surface area contributed by atoms with Gasteiger partial charge in [-0.1, -0.05) is 80.8 Å². The van der Waals surface area contributed by atoms with Crippen LogP contribution in [-0.4, -0.2) is 0 Å². The van der Waals surface area contributed by atoms with E-state index in [4.69, 9.17) is 0 Å². The van der Waals surface area contributed by atoms with Crippen LogP contribution in [0.15, 0.2) is 60.2 Å². The van der Waals surface area contributed by atoms with Crippen LogP contribution in [0.3, 0.4) is 0 Å². The number of allylic oxidation sites excluding steroid dienone is 1. The highest BCUT2D eigenvalue weighted by Gasteiger charge is 2.16. The molecule has 0 atom stereocenters. The molecule has 29 heavy (non-hydrogen) atoms. The van der Waals surface area contributed by atoms with Gasteiger partial charge in [0.15, 0.2) is 0 Å². The van der Waals surface area contributed by atoms with E-state index >= 15 is 0 Å². The molecule has 1 aliphatic rings. The van der Waals surface area contributed by atoms with Crippen molar-refractivity contribution >= 4 is 38.4 Å². The normalized spacial score (nSPS) is 13.4. The minimum atomic E-state index is 1.14. The fourth-order valence-corrected chi connectivity index (χ4v) is 4.93. The molecule has 5 rings (SSSR count). The van der Waals surface area contributed by atoms with Gasteiger partial charge in [-0.15, -0.1) is 0 Å². The zero-order valence-corrected chi connectivity index (χ0v) is 17.7. The minimum absolute atomic E-state index is 1.14. The van der Waals surface area contributed by atoms with E-state index in [1.165, 1.54) is 87.5 Å². The molecule has 0 heterocycles. The maximum Gasteiger partial charge on any atom is -0.00576 e. The third-order valence-electron chi connectivity index (χ3n) is 6.61. The molecule has 0 aliphatic heterocycles. The molecular weight excluding hydrogens is 348 g/mol. The second-order valence-electron chi connectivity index (χ2n) is 8.74. The molecule has 146 valence electrons. The molecule has 0 unspecified atom stereocenters. The zero-order chi connectivity index (χ0) is 19.8. The number of fused-ring (bicyclic) bond motifs is 6. The molecule has 0 N–H and O–H groups in total. The Kier molecular flexibility index (Phi) is 4.87. The van der Waals surface area contributed by atoms with Crippen molar-refractivity contribution in [3.8, 4) is 0 Å². The predicted octanol–water partition coefficient (Wildman–Crippen LogP) is 8.62. The van der Waals surface area contributed by atoms with Gasteiger partial charge in [-0.05, 0) is 93.2 Å². The van der Waals surface area contributed by atoms with Crippen LogP contribution in [0, 0.1) is 0 Å². The van der Waals surface area contributed by atoms with Crippen molar-refractivity contribution in [1.29, 1.82) is 0 Å². The van der Waals surface area contributed by atoms with Crippen molar-refractivity contribution in [2.45, 2.75) is 58.8 Å². The molecule has 0 spiro atoms. The monoisotopic (exact) mass is 378 g/mol. The second kappa shape index (κ2) is 7.67. The minimum Gasteiger partial charge on any atom is -0.0654 e. The van der Waals surface area contributed by atoms with Gasteiger partial charge in [0.05, 0.1) is 0 Å². The van der Waals surface area contributed by atoms with Crippen molar-refractivity contribution in [1.82, 2.24) is 0 Å². The van der Waals surface area contributed by atoms with E-state index in [0.29, 0.717) is 0 Å². The van der Waals surface area contributed by atoms with Gasteiger partial charge >= 0.3 is 0 Å². The molecule has 4 aromatic rings. The van der Waals surface area contributed by atoms with Crippen LogP contribution in [-0.2, 0) is 12.8 Å². The van der Waals surface area contributed by atoms with E-state index in [9.17, 15) is 0 Å². The van der Waals surface area contributed by atoms with Gasteiger partial charge in [0.25, 0.3) is 0 Å². The lowest BCUT2D eigenvalue weighted by Crippen LogP contribution is -1.88. The van der Waals surface area contributed by atoms with E-state index in [-0.39, 0.29) is 0 Å². The first-order valence-electron chi connectivity index (χ1n) is 11.4. The van der Waals surface area contributed by atoms with Crippen LogP contribution in [0.2, 0.25) is 0 Å². The number of benzene rings is 4. The number of hydrogen-bond donors (Lipinski definition) is 0. The molecule has 0 radical (unpaired) electrons. The Morgan fingerprint density at radius 2 is 1.45 bits per heavy atom. The molecule has 0 amide bonds. The average Bonchev–Trinajstić information content (AvgIpc) is 3.18. The fourth-order valence-electron chi connectivity index (χ4n) is 4.93. The van der Waals surface area contributed by atoms with Crippen LogP contribution in [0.5, 0.6) is 0 Å². The highest BCUT2D eigenvalue weighted by atomic mass is 14.2. The van der Waals surface area contributed by atoms with Crippen molar-refractivity contribution in [2.24, 2.45) is 0 Å². The largest absolute Gasteiger partial charge is 0.0654 e.